The molecule has 21 heavy (non-hydrogen) atoms. The van der Waals surface area contributed by atoms with Gasteiger partial charge in [-0.2, -0.15) is 4.37 Å². The van der Waals surface area contributed by atoms with E-state index in [0.717, 1.165) is 55.8 Å². The van der Waals surface area contributed by atoms with Crippen LogP contribution >= 0.6 is 11.5 Å². The fraction of sp³-hybridized carbons (Fsp3) is 0.533. The molecule has 0 atom stereocenters. The van der Waals surface area contributed by atoms with Crippen LogP contribution < -0.4 is 9.64 Å². The number of aryl methyl sites for hydroxylation is 1. The molecule has 0 bridgehead atoms. The Bertz CT molecular complexity index is 552. The molecule has 2 aromatic rings. The fourth-order valence-electron chi connectivity index (χ4n) is 2.44. The Morgan fingerprint density at radius 2 is 2.19 bits per heavy atom. The molecule has 1 saturated heterocycles. The zero-order valence-corrected chi connectivity index (χ0v) is 13.1. The third-order valence-corrected chi connectivity index (χ3v) is 4.58. The third-order valence-electron chi connectivity index (χ3n) is 3.76. The number of ether oxygens (including phenoxy) is 1. The van der Waals surface area contributed by atoms with Gasteiger partial charge in [-0.25, -0.2) is 9.97 Å². The minimum absolute atomic E-state index is 0.599. The first-order valence-corrected chi connectivity index (χ1v) is 8.24. The Labute approximate surface area is 129 Å². The highest BCUT2D eigenvalue weighted by Crippen LogP contribution is 2.25. The highest BCUT2D eigenvalue weighted by molar-refractivity contribution is 7.09. The Hall–Kier alpha value is -1.69. The number of hydrogen-bond acceptors (Lipinski definition) is 6. The van der Waals surface area contributed by atoms with Gasteiger partial charge in [0.05, 0.1) is 6.61 Å². The first-order chi connectivity index (χ1) is 10.3. The van der Waals surface area contributed by atoms with Gasteiger partial charge >= 0.3 is 0 Å². The Balaban J connectivity index is 1.46. The molecular formula is C15H20N4OS. The standard InChI is InChI=1S/C15H20N4OS/c1-2-13-17-15(21-18-13)19-9-6-12(7-10-19)11-20-14-5-3-4-8-16-14/h3-5,8,12H,2,6-7,9-11H2,1H3. The first kappa shape index (κ1) is 14.3. The van der Waals surface area contributed by atoms with Crippen molar-refractivity contribution in [2.24, 2.45) is 5.92 Å². The van der Waals surface area contributed by atoms with Crippen molar-refractivity contribution in [2.45, 2.75) is 26.2 Å². The topological polar surface area (TPSA) is 51.1 Å². The molecule has 5 nitrogen and oxygen atoms in total. The quantitative estimate of drug-likeness (QED) is 0.850. The van der Waals surface area contributed by atoms with Gasteiger partial charge in [0.1, 0.15) is 5.82 Å². The summed E-state index contributed by atoms with van der Waals surface area (Å²) in [5.74, 6) is 2.27. The van der Waals surface area contributed by atoms with Crippen molar-refractivity contribution in [3.63, 3.8) is 0 Å². The lowest BCUT2D eigenvalue weighted by atomic mass is 9.98. The van der Waals surface area contributed by atoms with Crippen LogP contribution in [0.25, 0.3) is 0 Å². The monoisotopic (exact) mass is 304 g/mol. The summed E-state index contributed by atoms with van der Waals surface area (Å²) in [5.41, 5.74) is 0. The van der Waals surface area contributed by atoms with Crippen LogP contribution in [0.3, 0.4) is 0 Å². The molecule has 0 radical (unpaired) electrons. The zero-order valence-electron chi connectivity index (χ0n) is 12.2. The van der Waals surface area contributed by atoms with E-state index in [1.54, 1.807) is 6.20 Å². The van der Waals surface area contributed by atoms with Crippen molar-refractivity contribution in [3.05, 3.63) is 30.2 Å². The van der Waals surface area contributed by atoms with Gasteiger partial charge in [-0.05, 0) is 24.8 Å². The van der Waals surface area contributed by atoms with Crippen molar-refractivity contribution in [1.82, 2.24) is 14.3 Å². The van der Waals surface area contributed by atoms with E-state index in [9.17, 15) is 0 Å². The summed E-state index contributed by atoms with van der Waals surface area (Å²) in [7, 11) is 0. The summed E-state index contributed by atoms with van der Waals surface area (Å²) in [4.78, 5) is 11.1. The first-order valence-electron chi connectivity index (χ1n) is 7.46. The van der Waals surface area contributed by atoms with E-state index in [4.69, 9.17) is 4.74 Å². The Morgan fingerprint density at radius 1 is 1.33 bits per heavy atom. The molecule has 2 aromatic heterocycles. The average Bonchev–Trinajstić information content (AvgIpc) is 3.03. The predicted octanol–water partition coefficient (Wildman–Crippen LogP) is 2.79. The summed E-state index contributed by atoms with van der Waals surface area (Å²) in [5, 5.41) is 1.07. The SMILES string of the molecule is CCc1nsc(N2CCC(COc3ccccn3)CC2)n1. The molecular weight excluding hydrogens is 284 g/mol. The van der Waals surface area contributed by atoms with E-state index in [0.29, 0.717) is 5.92 Å². The van der Waals surface area contributed by atoms with Gasteiger partial charge in [-0.1, -0.05) is 13.0 Å². The number of anilines is 1. The predicted molar refractivity (Wildman–Crippen MR) is 84.0 cm³/mol. The van der Waals surface area contributed by atoms with Gasteiger partial charge in [-0.3, -0.25) is 0 Å². The second-order valence-electron chi connectivity index (χ2n) is 5.26. The van der Waals surface area contributed by atoms with Gasteiger partial charge in [-0.15, -0.1) is 0 Å². The second kappa shape index (κ2) is 6.85. The molecule has 0 N–H and O–H groups in total. The number of nitrogens with zero attached hydrogens (tertiary/aromatic N) is 4. The highest BCUT2D eigenvalue weighted by atomic mass is 32.1. The number of piperidine rings is 1. The smallest absolute Gasteiger partial charge is 0.213 e. The summed E-state index contributed by atoms with van der Waals surface area (Å²) in [6.45, 7) is 4.91. The normalized spacial score (nSPS) is 16.1. The lowest BCUT2D eigenvalue weighted by molar-refractivity contribution is 0.216. The fourth-order valence-corrected chi connectivity index (χ4v) is 3.24. The minimum Gasteiger partial charge on any atom is -0.477 e. The summed E-state index contributed by atoms with van der Waals surface area (Å²) >= 11 is 1.52. The van der Waals surface area contributed by atoms with Crippen LogP contribution in [0.1, 0.15) is 25.6 Å². The lowest BCUT2D eigenvalue weighted by Crippen LogP contribution is -2.35. The molecule has 3 heterocycles. The molecule has 0 aliphatic carbocycles. The van der Waals surface area contributed by atoms with Crippen LogP contribution in [-0.2, 0) is 6.42 Å². The second-order valence-corrected chi connectivity index (χ2v) is 5.99. The lowest BCUT2D eigenvalue weighted by Gasteiger charge is -2.31. The number of hydrogen-bond donors (Lipinski definition) is 0. The Morgan fingerprint density at radius 3 is 2.86 bits per heavy atom. The number of rotatable bonds is 5. The van der Waals surface area contributed by atoms with Crippen molar-refractivity contribution >= 4 is 16.7 Å². The van der Waals surface area contributed by atoms with Gasteiger partial charge in [0.15, 0.2) is 0 Å². The van der Waals surface area contributed by atoms with Crippen LogP contribution in [0.4, 0.5) is 5.13 Å². The van der Waals surface area contributed by atoms with Gasteiger partial charge in [0.25, 0.3) is 0 Å². The Kier molecular flexibility index (Phi) is 4.65. The molecule has 1 fully saturated rings. The molecule has 0 spiro atoms. The van der Waals surface area contributed by atoms with Gasteiger partial charge < -0.3 is 9.64 Å². The van der Waals surface area contributed by atoms with Crippen LogP contribution in [0.15, 0.2) is 24.4 Å². The van der Waals surface area contributed by atoms with Crippen molar-refractivity contribution in [2.75, 3.05) is 24.6 Å². The maximum absolute atomic E-state index is 5.75. The van der Waals surface area contributed by atoms with E-state index in [-0.39, 0.29) is 0 Å². The van der Waals surface area contributed by atoms with E-state index in [1.165, 1.54) is 11.5 Å². The van der Waals surface area contributed by atoms with Crippen molar-refractivity contribution < 1.29 is 4.74 Å². The van der Waals surface area contributed by atoms with E-state index in [1.807, 2.05) is 18.2 Å². The van der Waals surface area contributed by atoms with Crippen LogP contribution in [0.2, 0.25) is 0 Å². The largest absolute Gasteiger partial charge is 0.477 e. The maximum atomic E-state index is 5.75. The summed E-state index contributed by atoms with van der Waals surface area (Å²) in [6.07, 6.45) is 4.94. The van der Waals surface area contributed by atoms with Crippen LogP contribution in [-0.4, -0.2) is 34.0 Å². The molecule has 1 aliphatic rings. The molecule has 6 heteroatoms. The minimum atomic E-state index is 0.599. The molecule has 0 unspecified atom stereocenters. The molecule has 0 saturated carbocycles. The van der Waals surface area contributed by atoms with Crippen molar-refractivity contribution in [3.8, 4) is 5.88 Å². The van der Waals surface area contributed by atoms with E-state index >= 15 is 0 Å². The van der Waals surface area contributed by atoms with Gasteiger partial charge in [0.2, 0.25) is 11.0 Å². The highest BCUT2D eigenvalue weighted by Gasteiger charge is 2.22. The van der Waals surface area contributed by atoms with E-state index < -0.39 is 0 Å². The molecule has 112 valence electrons. The van der Waals surface area contributed by atoms with E-state index in [2.05, 4.69) is 26.2 Å². The summed E-state index contributed by atoms with van der Waals surface area (Å²) < 4.78 is 10.1. The average molecular weight is 304 g/mol. The maximum Gasteiger partial charge on any atom is 0.213 e. The molecule has 0 aromatic carbocycles. The van der Waals surface area contributed by atoms with Crippen LogP contribution in [0.5, 0.6) is 5.88 Å². The van der Waals surface area contributed by atoms with Crippen molar-refractivity contribution in [1.29, 1.82) is 0 Å². The number of aromatic nitrogens is 3. The molecule has 0 amide bonds. The third kappa shape index (κ3) is 3.69. The molecule has 1 aliphatic heterocycles. The van der Waals surface area contributed by atoms with Crippen LogP contribution in [0, 0.1) is 5.92 Å². The van der Waals surface area contributed by atoms with Gasteiger partial charge in [0, 0.05) is 43.3 Å². The zero-order chi connectivity index (χ0) is 14.5. The molecule has 3 rings (SSSR count). The number of pyridine rings is 1. The summed E-state index contributed by atoms with van der Waals surface area (Å²) in [6, 6.07) is 5.76.